The van der Waals surface area contributed by atoms with Gasteiger partial charge in [-0.15, -0.1) is 0 Å². The first kappa shape index (κ1) is 20.3. The molecule has 0 aliphatic carbocycles. The number of carboxylic acid groups (broad SMARTS) is 1. The zero-order chi connectivity index (χ0) is 22.0. The Morgan fingerprint density at radius 1 is 1.26 bits per heavy atom. The number of benzene rings is 1. The number of aliphatic carboxylic acids is 1. The first-order valence-electron chi connectivity index (χ1n) is 9.83. The van der Waals surface area contributed by atoms with Crippen LogP contribution in [0.5, 0.6) is 0 Å². The molecule has 0 spiro atoms. The number of hydrogen-bond acceptors (Lipinski definition) is 5. The molecule has 1 aliphatic rings. The van der Waals surface area contributed by atoms with Crippen molar-refractivity contribution in [3.63, 3.8) is 0 Å². The van der Waals surface area contributed by atoms with Gasteiger partial charge in [0.2, 0.25) is 5.91 Å². The molecule has 0 saturated carbocycles. The number of hydrogen-bond donors (Lipinski definition) is 4. The third-order valence-corrected chi connectivity index (χ3v) is 5.04. The zero-order valence-electron chi connectivity index (χ0n) is 16.8. The van der Waals surface area contributed by atoms with Crippen LogP contribution in [0.25, 0.3) is 22.8 Å². The molecule has 1 aliphatic heterocycles. The molecule has 3 aromatic rings. The number of nitrogens with one attached hydrogen (secondary N) is 3. The molecule has 0 fully saturated rings. The van der Waals surface area contributed by atoms with Crippen molar-refractivity contribution in [1.29, 1.82) is 0 Å². The van der Waals surface area contributed by atoms with Crippen molar-refractivity contribution in [1.82, 2.24) is 25.6 Å². The van der Waals surface area contributed by atoms with Crippen LogP contribution in [0.4, 0.5) is 0 Å². The summed E-state index contributed by atoms with van der Waals surface area (Å²) in [5.41, 5.74) is 4.36. The molecule has 1 unspecified atom stereocenters. The highest BCUT2D eigenvalue weighted by molar-refractivity contribution is 5.97. The molecule has 1 atom stereocenters. The fraction of sp³-hybridized carbons (Fsp3) is 0.227. The van der Waals surface area contributed by atoms with Crippen LogP contribution in [0.2, 0.25) is 0 Å². The highest BCUT2D eigenvalue weighted by Gasteiger charge is 2.21. The molecule has 4 rings (SSSR count). The van der Waals surface area contributed by atoms with Gasteiger partial charge in [-0.05, 0) is 23.8 Å². The van der Waals surface area contributed by atoms with Crippen molar-refractivity contribution in [3.8, 4) is 22.8 Å². The lowest BCUT2D eigenvalue weighted by atomic mass is 10.0. The van der Waals surface area contributed by atoms with E-state index < -0.39 is 17.9 Å². The lowest BCUT2D eigenvalue weighted by Gasteiger charge is -2.13. The molecular weight excluding hydrogens is 398 g/mol. The van der Waals surface area contributed by atoms with Gasteiger partial charge < -0.3 is 20.7 Å². The second-order valence-electron chi connectivity index (χ2n) is 7.34. The maximum Gasteiger partial charge on any atom is 0.326 e. The van der Waals surface area contributed by atoms with E-state index in [-0.39, 0.29) is 12.3 Å². The van der Waals surface area contributed by atoms with Crippen LogP contribution in [0.3, 0.4) is 0 Å². The van der Waals surface area contributed by atoms with Gasteiger partial charge >= 0.3 is 5.97 Å². The van der Waals surface area contributed by atoms with Crippen molar-refractivity contribution in [3.05, 3.63) is 59.4 Å². The molecule has 0 bridgehead atoms. The fourth-order valence-corrected chi connectivity index (χ4v) is 3.60. The molecule has 9 nitrogen and oxygen atoms in total. The van der Waals surface area contributed by atoms with E-state index in [2.05, 4.69) is 25.6 Å². The lowest BCUT2D eigenvalue weighted by molar-refractivity contribution is -0.141. The number of carboxylic acids is 1. The SMILES string of the molecule is CC(=O)NC(Cc1cccc(-c2nccc(-c3cc4c([nH]3)CCNC4=O)n2)c1)C(=O)O. The number of nitrogens with zero attached hydrogens (tertiary/aromatic N) is 2. The maximum atomic E-state index is 12.0. The predicted octanol–water partition coefficient (Wildman–Crippen LogP) is 1.56. The Morgan fingerprint density at radius 2 is 2.10 bits per heavy atom. The minimum absolute atomic E-state index is 0.0992. The van der Waals surface area contributed by atoms with Gasteiger partial charge in [-0.25, -0.2) is 14.8 Å². The number of amides is 2. The summed E-state index contributed by atoms with van der Waals surface area (Å²) in [6, 6.07) is 9.77. The van der Waals surface area contributed by atoms with Gasteiger partial charge in [0.1, 0.15) is 6.04 Å². The molecule has 3 heterocycles. The van der Waals surface area contributed by atoms with E-state index >= 15 is 0 Å². The fourth-order valence-electron chi connectivity index (χ4n) is 3.60. The third-order valence-electron chi connectivity index (χ3n) is 5.04. The van der Waals surface area contributed by atoms with E-state index in [4.69, 9.17) is 0 Å². The Kier molecular flexibility index (Phi) is 5.48. The number of carbonyl (C=O) groups excluding carboxylic acids is 2. The largest absolute Gasteiger partial charge is 0.480 e. The topological polar surface area (TPSA) is 137 Å². The van der Waals surface area contributed by atoms with Gasteiger partial charge in [0.15, 0.2) is 5.82 Å². The van der Waals surface area contributed by atoms with E-state index in [1.54, 1.807) is 30.5 Å². The summed E-state index contributed by atoms with van der Waals surface area (Å²) in [6.07, 6.45) is 2.52. The molecule has 31 heavy (non-hydrogen) atoms. The highest BCUT2D eigenvalue weighted by atomic mass is 16.4. The van der Waals surface area contributed by atoms with Crippen molar-refractivity contribution < 1.29 is 19.5 Å². The van der Waals surface area contributed by atoms with E-state index in [0.717, 1.165) is 28.9 Å². The van der Waals surface area contributed by atoms with E-state index in [1.165, 1.54) is 6.92 Å². The van der Waals surface area contributed by atoms with Crippen molar-refractivity contribution in [2.24, 2.45) is 0 Å². The molecule has 0 radical (unpaired) electrons. The van der Waals surface area contributed by atoms with Crippen LogP contribution in [0, 0.1) is 0 Å². The van der Waals surface area contributed by atoms with E-state index in [9.17, 15) is 19.5 Å². The smallest absolute Gasteiger partial charge is 0.326 e. The second-order valence-corrected chi connectivity index (χ2v) is 7.34. The van der Waals surface area contributed by atoms with Crippen LogP contribution >= 0.6 is 0 Å². The predicted molar refractivity (Wildman–Crippen MR) is 112 cm³/mol. The molecule has 9 heteroatoms. The summed E-state index contributed by atoms with van der Waals surface area (Å²) in [7, 11) is 0. The van der Waals surface area contributed by atoms with E-state index in [0.29, 0.717) is 23.6 Å². The minimum atomic E-state index is -1.10. The Morgan fingerprint density at radius 3 is 2.84 bits per heavy atom. The monoisotopic (exact) mass is 419 g/mol. The average molecular weight is 419 g/mol. The summed E-state index contributed by atoms with van der Waals surface area (Å²) < 4.78 is 0. The molecule has 2 amide bonds. The Balaban J connectivity index is 1.61. The van der Waals surface area contributed by atoms with Gasteiger partial charge in [0.05, 0.1) is 17.0 Å². The minimum Gasteiger partial charge on any atom is -0.480 e. The number of fused-ring (bicyclic) bond motifs is 1. The first-order valence-corrected chi connectivity index (χ1v) is 9.83. The van der Waals surface area contributed by atoms with Crippen LogP contribution in [0.1, 0.15) is 28.5 Å². The molecular formula is C22H21N5O4. The van der Waals surface area contributed by atoms with Gasteiger partial charge in [0.25, 0.3) is 5.91 Å². The number of rotatable bonds is 6. The summed E-state index contributed by atoms with van der Waals surface area (Å²) in [5, 5.41) is 14.6. The normalized spacial score (nSPS) is 13.8. The van der Waals surface area contributed by atoms with Crippen molar-refractivity contribution in [2.45, 2.75) is 25.8 Å². The number of H-pyrrole nitrogens is 1. The number of carbonyl (C=O) groups is 3. The van der Waals surface area contributed by atoms with Gasteiger partial charge in [-0.3, -0.25) is 9.59 Å². The summed E-state index contributed by atoms with van der Waals surface area (Å²) in [5.74, 6) is -1.12. The molecule has 1 aromatic carbocycles. The van der Waals surface area contributed by atoms with Crippen LogP contribution in [0.15, 0.2) is 42.6 Å². The Bertz CT molecular complexity index is 1170. The second kappa shape index (κ2) is 8.39. The first-order chi connectivity index (χ1) is 14.9. The van der Waals surface area contributed by atoms with Crippen LogP contribution in [-0.2, 0) is 22.4 Å². The maximum absolute atomic E-state index is 12.0. The molecule has 4 N–H and O–H groups in total. The number of aromatic nitrogens is 3. The van der Waals surface area contributed by atoms with Crippen molar-refractivity contribution in [2.75, 3.05) is 6.54 Å². The molecule has 0 saturated heterocycles. The lowest BCUT2D eigenvalue weighted by Crippen LogP contribution is -2.41. The Hall–Kier alpha value is -4.01. The van der Waals surface area contributed by atoms with Gasteiger partial charge in [-0.1, -0.05) is 18.2 Å². The highest BCUT2D eigenvalue weighted by Crippen LogP contribution is 2.25. The standard InChI is InChI=1S/C22H21N5O4/c1-12(28)25-19(22(30)31)10-13-3-2-4-14(9-13)20-23-7-6-17(27-20)18-11-15-16(26-18)5-8-24-21(15)29/h2-4,6-7,9,11,19,26H,5,8,10H2,1H3,(H,24,29)(H,25,28)(H,30,31). The van der Waals surface area contributed by atoms with E-state index in [1.807, 2.05) is 12.1 Å². The van der Waals surface area contributed by atoms with Crippen LogP contribution in [-0.4, -0.2) is 50.4 Å². The quantitative estimate of drug-likeness (QED) is 0.478. The van der Waals surface area contributed by atoms with Crippen LogP contribution < -0.4 is 10.6 Å². The molecule has 158 valence electrons. The number of aromatic amines is 1. The Labute approximate surface area is 177 Å². The molecule has 2 aromatic heterocycles. The van der Waals surface area contributed by atoms with Crippen molar-refractivity contribution >= 4 is 17.8 Å². The third kappa shape index (κ3) is 4.45. The summed E-state index contributed by atoms with van der Waals surface area (Å²) in [4.78, 5) is 47.0. The summed E-state index contributed by atoms with van der Waals surface area (Å²) >= 11 is 0. The van der Waals surface area contributed by atoms with Gasteiger partial charge in [-0.2, -0.15) is 0 Å². The average Bonchev–Trinajstić information content (AvgIpc) is 3.19. The van der Waals surface area contributed by atoms with Gasteiger partial charge in [0, 0.05) is 43.8 Å². The zero-order valence-corrected chi connectivity index (χ0v) is 16.8. The summed E-state index contributed by atoms with van der Waals surface area (Å²) in [6.45, 7) is 1.89.